The molecule has 0 aliphatic carbocycles. The molecule has 0 bridgehead atoms. The number of nitrogens with one attached hydrogen (secondary N) is 1. The van der Waals surface area contributed by atoms with E-state index in [1.54, 1.807) is 18.2 Å². The Bertz CT molecular complexity index is 886. The summed E-state index contributed by atoms with van der Waals surface area (Å²) < 4.78 is 4.92. The second-order valence-electron chi connectivity index (χ2n) is 5.67. The minimum Gasteiger partial charge on any atom is -0.452 e. The van der Waals surface area contributed by atoms with Crippen molar-refractivity contribution in [3.8, 4) is 0 Å². The number of rotatable bonds is 7. The summed E-state index contributed by atoms with van der Waals surface area (Å²) in [6.45, 7) is 1.38. The maximum Gasteiger partial charge on any atom is 0.338 e. The topological polar surface area (TPSA) is 98.5 Å². The van der Waals surface area contributed by atoms with Crippen LogP contribution in [0.2, 0.25) is 10.0 Å². The molecular formula is C18H16Cl2N2O5. The smallest absolute Gasteiger partial charge is 0.338 e. The van der Waals surface area contributed by atoms with E-state index in [0.29, 0.717) is 28.6 Å². The van der Waals surface area contributed by atoms with Gasteiger partial charge in [0.25, 0.3) is 11.6 Å². The number of benzene rings is 2. The third-order valence-corrected chi connectivity index (χ3v) is 4.28. The highest BCUT2D eigenvalue weighted by Crippen LogP contribution is 2.21. The number of hydrogen-bond acceptors (Lipinski definition) is 5. The number of nitrogens with zero attached hydrogens (tertiary/aromatic N) is 1. The van der Waals surface area contributed by atoms with Gasteiger partial charge in [-0.1, -0.05) is 29.3 Å². The van der Waals surface area contributed by atoms with Gasteiger partial charge in [0.2, 0.25) is 0 Å². The molecule has 1 amide bonds. The standard InChI is InChI=1S/C18H16Cl2N2O5/c1-11-8-13(3-5-16(11)22(25)26)18(24)27-10-17(23)21-7-6-12-2-4-14(19)9-15(12)20/h2-5,8-9H,6-7,10H2,1H3,(H,21,23). The van der Waals surface area contributed by atoms with Crippen molar-refractivity contribution in [3.63, 3.8) is 0 Å². The highest BCUT2D eigenvalue weighted by atomic mass is 35.5. The predicted molar refractivity (Wildman–Crippen MR) is 101 cm³/mol. The first kappa shape index (κ1) is 20.7. The molecule has 1 N–H and O–H groups in total. The average molecular weight is 411 g/mol. The molecule has 142 valence electrons. The van der Waals surface area contributed by atoms with E-state index in [2.05, 4.69) is 5.32 Å². The second kappa shape index (κ2) is 9.34. The molecule has 27 heavy (non-hydrogen) atoms. The molecule has 7 nitrogen and oxygen atoms in total. The van der Waals surface area contributed by atoms with Crippen LogP contribution in [0, 0.1) is 17.0 Å². The summed E-state index contributed by atoms with van der Waals surface area (Å²) in [6, 6.07) is 8.96. The molecule has 0 unspecified atom stereocenters. The molecule has 0 saturated heterocycles. The zero-order valence-electron chi connectivity index (χ0n) is 14.3. The van der Waals surface area contributed by atoms with E-state index in [0.717, 1.165) is 5.56 Å². The second-order valence-corrected chi connectivity index (χ2v) is 6.51. The van der Waals surface area contributed by atoms with E-state index < -0.39 is 23.4 Å². The number of ether oxygens (including phenoxy) is 1. The summed E-state index contributed by atoms with van der Waals surface area (Å²) in [6.07, 6.45) is 0.497. The summed E-state index contributed by atoms with van der Waals surface area (Å²) in [7, 11) is 0. The molecule has 2 aromatic carbocycles. The lowest BCUT2D eigenvalue weighted by Crippen LogP contribution is -2.30. The van der Waals surface area contributed by atoms with Crippen LogP contribution in [-0.4, -0.2) is 30.0 Å². The van der Waals surface area contributed by atoms with E-state index in [9.17, 15) is 19.7 Å². The Labute approximate surface area is 165 Å². The quantitative estimate of drug-likeness (QED) is 0.425. The molecule has 0 heterocycles. The van der Waals surface area contributed by atoms with Gasteiger partial charge in [-0.15, -0.1) is 0 Å². The first-order valence-corrected chi connectivity index (χ1v) is 8.66. The highest BCUT2D eigenvalue weighted by Gasteiger charge is 2.15. The summed E-state index contributed by atoms with van der Waals surface area (Å²) in [5, 5.41) is 14.4. The van der Waals surface area contributed by atoms with Gasteiger partial charge in [0.1, 0.15) is 0 Å². The van der Waals surface area contributed by atoms with E-state index >= 15 is 0 Å². The van der Waals surface area contributed by atoms with Gasteiger partial charge >= 0.3 is 5.97 Å². The lowest BCUT2D eigenvalue weighted by atomic mass is 10.1. The molecule has 0 aliphatic heterocycles. The van der Waals surface area contributed by atoms with Crippen LogP contribution in [0.15, 0.2) is 36.4 Å². The highest BCUT2D eigenvalue weighted by molar-refractivity contribution is 6.35. The Balaban J connectivity index is 1.80. The Morgan fingerprint density at radius 3 is 2.56 bits per heavy atom. The first-order chi connectivity index (χ1) is 12.8. The van der Waals surface area contributed by atoms with Gasteiger partial charge in [0.15, 0.2) is 6.61 Å². The van der Waals surface area contributed by atoms with Crippen molar-refractivity contribution in [2.24, 2.45) is 0 Å². The fourth-order valence-electron chi connectivity index (χ4n) is 2.31. The molecule has 2 rings (SSSR count). The van der Waals surface area contributed by atoms with Crippen molar-refractivity contribution in [2.75, 3.05) is 13.2 Å². The van der Waals surface area contributed by atoms with Gasteiger partial charge in [-0.3, -0.25) is 14.9 Å². The first-order valence-electron chi connectivity index (χ1n) is 7.90. The number of esters is 1. The van der Waals surface area contributed by atoms with Gasteiger partial charge in [0, 0.05) is 28.2 Å². The Kier molecular flexibility index (Phi) is 7.15. The van der Waals surface area contributed by atoms with Gasteiger partial charge in [0.05, 0.1) is 10.5 Å². The Hall–Kier alpha value is -2.64. The minimum atomic E-state index is -0.733. The van der Waals surface area contributed by atoms with Crippen LogP contribution in [0.3, 0.4) is 0 Å². The molecule has 0 saturated carbocycles. The third kappa shape index (κ3) is 5.94. The third-order valence-electron chi connectivity index (χ3n) is 3.70. The maximum atomic E-state index is 12.0. The van der Waals surface area contributed by atoms with Gasteiger partial charge < -0.3 is 10.1 Å². The number of carbonyl (C=O) groups is 2. The van der Waals surface area contributed by atoms with Crippen LogP contribution in [0.4, 0.5) is 5.69 Å². The van der Waals surface area contributed by atoms with E-state index in [1.165, 1.54) is 25.1 Å². The van der Waals surface area contributed by atoms with Crippen molar-refractivity contribution in [2.45, 2.75) is 13.3 Å². The van der Waals surface area contributed by atoms with Crippen molar-refractivity contribution in [1.82, 2.24) is 5.32 Å². The molecule has 0 fully saturated rings. The van der Waals surface area contributed by atoms with Crippen LogP contribution in [0.25, 0.3) is 0 Å². The molecule has 0 atom stereocenters. The summed E-state index contributed by atoms with van der Waals surface area (Å²) >= 11 is 11.9. The molecule has 2 aromatic rings. The monoisotopic (exact) mass is 410 g/mol. The molecule has 0 spiro atoms. The van der Waals surface area contributed by atoms with Crippen molar-refractivity contribution in [3.05, 3.63) is 73.2 Å². The number of hydrogen-bond donors (Lipinski definition) is 1. The maximum absolute atomic E-state index is 12.0. The summed E-state index contributed by atoms with van der Waals surface area (Å²) in [5.74, 6) is -1.20. The Morgan fingerprint density at radius 1 is 1.19 bits per heavy atom. The minimum absolute atomic E-state index is 0.0925. The number of aryl methyl sites for hydroxylation is 1. The van der Waals surface area contributed by atoms with Crippen LogP contribution in [-0.2, 0) is 16.0 Å². The molecule has 0 aromatic heterocycles. The van der Waals surface area contributed by atoms with Crippen molar-refractivity contribution < 1.29 is 19.2 Å². The zero-order chi connectivity index (χ0) is 20.0. The van der Waals surface area contributed by atoms with Crippen molar-refractivity contribution in [1.29, 1.82) is 0 Å². The van der Waals surface area contributed by atoms with Crippen LogP contribution >= 0.6 is 23.2 Å². The largest absolute Gasteiger partial charge is 0.452 e. The van der Waals surface area contributed by atoms with Crippen LogP contribution in [0.5, 0.6) is 0 Å². The average Bonchev–Trinajstić information content (AvgIpc) is 2.61. The normalized spacial score (nSPS) is 10.3. The summed E-state index contributed by atoms with van der Waals surface area (Å²) in [4.78, 5) is 34.0. The predicted octanol–water partition coefficient (Wildman–Crippen LogP) is 3.73. The lowest BCUT2D eigenvalue weighted by Gasteiger charge is -2.08. The Morgan fingerprint density at radius 2 is 1.93 bits per heavy atom. The number of nitro benzene ring substituents is 1. The molecular weight excluding hydrogens is 395 g/mol. The van der Waals surface area contributed by atoms with E-state index in [4.69, 9.17) is 27.9 Å². The van der Waals surface area contributed by atoms with Crippen LogP contribution < -0.4 is 5.32 Å². The van der Waals surface area contributed by atoms with Crippen molar-refractivity contribution >= 4 is 40.8 Å². The fraction of sp³-hybridized carbons (Fsp3) is 0.222. The van der Waals surface area contributed by atoms with Crippen LogP contribution in [0.1, 0.15) is 21.5 Å². The van der Waals surface area contributed by atoms with Gasteiger partial charge in [-0.25, -0.2) is 4.79 Å². The summed E-state index contributed by atoms with van der Waals surface area (Å²) in [5.41, 5.74) is 1.21. The fourth-order valence-corrected chi connectivity index (χ4v) is 2.82. The number of halogens is 2. The zero-order valence-corrected chi connectivity index (χ0v) is 15.8. The van der Waals surface area contributed by atoms with Gasteiger partial charge in [-0.2, -0.15) is 0 Å². The number of nitro groups is 1. The number of carbonyl (C=O) groups excluding carboxylic acids is 2. The SMILES string of the molecule is Cc1cc(C(=O)OCC(=O)NCCc2ccc(Cl)cc2Cl)ccc1[N+](=O)[O-]. The van der Waals surface area contributed by atoms with E-state index in [-0.39, 0.29) is 11.3 Å². The van der Waals surface area contributed by atoms with Gasteiger partial charge in [-0.05, 0) is 43.2 Å². The lowest BCUT2D eigenvalue weighted by molar-refractivity contribution is -0.385. The molecule has 9 heteroatoms. The number of amides is 1. The molecule has 0 aliphatic rings. The molecule has 0 radical (unpaired) electrons. The van der Waals surface area contributed by atoms with E-state index in [1.807, 2.05) is 0 Å².